The van der Waals surface area contributed by atoms with Gasteiger partial charge < -0.3 is 25.0 Å². The van der Waals surface area contributed by atoms with E-state index in [9.17, 15) is 9.59 Å². The SMILES string of the molecule is CC=C(N1N=CNN1)C1(C(=O)OCc2ccc(OC)cc2)CS[C@@H]2C(NC(=O)C(NC(c3ccccc3)(c3ccccc3)c3ccccc3)c3csc(NC(c4ccccc4)(c4ccccc4)c4ccccc4)n3)C(=O)N2C1. The van der Waals surface area contributed by atoms with Crippen LogP contribution >= 0.6 is 23.1 Å². The van der Waals surface area contributed by atoms with Gasteiger partial charge in [-0.1, -0.05) is 200 Å². The van der Waals surface area contributed by atoms with E-state index in [-0.39, 0.29) is 24.8 Å². The number of thioether (sulfide) groups is 1. The van der Waals surface area contributed by atoms with E-state index < -0.39 is 45.8 Å². The molecule has 8 aromatic rings. The van der Waals surface area contributed by atoms with Gasteiger partial charge in [-0.2, -0.15) is 5.12 Å². The van der Waals surface area contributed by atoms with Crippen molar-refractivity contribution in [3.8, 4) is 5.75 Å². The van der Waals surface area contributed by atoms with Crippen molar-refractivity contribution in [3.05, 3.63) is 268 Å². The van der Waals surface area contributed by atoms with Crippen LogP contribution in [-0.2, 0) is 36.8 Å². The molecular weight excluding hydrogens is 1010 g/mol. The van der Waals surface area contributed by atoms with E-state index in [4.69, 9.17) is 14.5 Å². The molecule has 2 amide bonds. The molecule has 0 radical (unpaired) electrons. The zero-order chi connectivity index (χ0) is 53.5. The second-order valence-corrected chi connectivity index (χ2v) is 21.1. The number of esters is 1. The Balaban J connectivity index is 0.962. The number of aromatic nitrogens is 1. The lowest BCUT2D eigenvalue weighted by Gasteiger charge is -2.54. The van der Waals surface area contributed by atoms with Gasteiger partial charge in [0, 0.05) is 17.7 Å². The molecule has 7 aromatic carbocycles. The number of ether oxygens (including phenoxy) is 2. The monoisotopic (exact) mass is 1070 g/mol. The first-order chi connectivity index (χ1) is 38.3. The van der Waals surface area contributed by atoms with Crippen LogP contribution in [0.25, 0.3) is 0 Å². The summed E-state index contributed by atoms with van der Waals surface area (Å²) in [4.78, 5) is 52.2. The van der Waals surface area contributed by atoms with Gasteiger partial charge in [0.1, 0.15) is 47.1 Å². The summed E-state index contributed by atoms with van der Waals surface area (Å²) in [6.07, 6.45) is 3.27. The average Bonchev–Trinajstić information content (AvgIpc) is 4.28. The first kappa shape index (κ1) is 51.6. The number of thiazole rings is 1. The number of anilines is 1. The number of benzene rings is 7. The average molecular weight is 1070 g/mol. The quantitative estimate of drug-likeness (QED) is 0.0297. The van der Waals surface area contributed by atoms with Gasteiger partial charge >= 0.3 is 5.97 Å². The van der Waals surface area contributed by atoms with Gasteiger partial charge in [0.25, 0.3) is 0 Å². The predicted octanol–water partition coefficient (Wildman–Crippen LogP) is 9.48. The molecule has 14 nitrogen and oxygen atoms in total. The third-order valence-corrected chi connectivity index (χ3v) is 17.0. The van der Waals surface area contributed by atoms with Crippen LogP contribution in [0.5, 0.6) is 5.75 Å². The normalized spacial score (nSPS) is 18.5. The van der Waals surface area contributed by atoms with Crippen LogP contribution in [0.4, 0.5) is 5.13 Å². The van der Waals surface area contributed by atoms with Crippen molar-refractivity contribution < 1.29 is 23.9 Å². The number of carbonyl (C=O) groups excluding carboxylic acids is 3. The van der Waals surface area contributed by atoms with Crippen LogP contribution in [0.1, 0.15) is 57.6 Å². The second-order valence-electron chi connectivity index (χ2n) is 19.1. The highest BCUT2D eigenvalue weighted by molar-refractivity contribution is 8.00. The fourth-order valence-electron chi connectivity index (χ4n) is 10.9. The topological polar surface area (TPSA) is 162 Å². The minimum Gasteiger partial charge on any atom is -0.497 e. The third-order valence-electron chi connectivity index (χ3n) is 14.7. The fourth-order valence-corrected chi connectivity index (χ4v) is 13.2. The van der Waals surface area contributed by atoms with Crippen molar-refractivity contribution in [1.82, 2.24) is 36.6 Å². The number of hydrazine groups is 2. The van der Waals surface area contributed by atoms with Crippen molar-refractivity contribution in [2.45, 2.75) is 42.1 Å². The van der Waals surface area contributed by atoms with Crippen LogP contribution in [0.15, 0.2) is 229 Å². The smallest absolute Gasteiger partial charge is 0.321 e. The summed E-state index contributed by atoms with van der Waals surface area (Å²) in [5.41, 5.74) is 9.85. The van der Waals surface area contributed by atoms with Gasteiger partial charge in [0.15, 0.2) is 5.13 Å². The molecule has 2 fully saturated rings. The number of nitrogens with zero attached hydrogens (tertiary/aromatic N) is 4. The van der Waals surface area contributed by atoms with E-state index in [0.29, 0.717) is 22.3 Å². The molecule has 0 aliphatic carbocycles. The standard InChI is InChI=1S/C62H57N9O5S2/c1-3-52(71-64-42-63-69-71)60(58(74)76-38-43-34-36-50(75-2)37-35-43)40-70-56(73)54(57(70)78-41-60)66-55(72)53(67-61(44-22-10-4-11-23-44,45-24-12-5-13-25-45)46-26-14-6-15-27-46)51-39-77-59(65-51)68-62(47-28-16-7-17-29-47,48-30-18-8-19-31-48)49-32-20-9-21-33-49/h3-37,39,42,53-54,57,67,69H,38,40-41H2,1-2H3,(H,63,64)(H,65,68)(H,66,72)/t53?,54?,57-,60?/m1/s1. The lowest BCUT2D eigenvalue weighted by molar-refractivity contribution is -0.163. The van der Waals surface area contributed by atoms with Crippen molar-refractivity contribution in [3.63, 3.8) is 0 Å². The first-order valence-electron chi connectivity index (χ1n) is 25.6. The first-order valence-corrected chi connectivity index (χ1v) is 27.6. The van der Waals surface area contributed by atoms with Crippen molar-refractivity contribution in [2.75, 3.05) is 24.7 Å². The maximum Gasteiger partial charge on any atom is 0.321 e. The minimum atomic E-state index is -1.34. The van der Waals surface area contributed by atoms with Crippen LogP contribution < -0.4 is 31.6 Å². The summed E-state index contributed by atoms with van der Waals surface area (Å²) < 4.78 is 11.4. The molecular formula is C62H57N9O5S2. The third kappa shape index (κ3) is 9.68. The Kier molecular flexibility index (Phi) is 14.9. The number of β-lactam (4-membered cyclic amide) rings is 1. The molecule has 4 heterocycles. The van der Waals surface area contributed by atoms with Gasteiger partial charge in [0.05, 0.1) is 24.0 Å². The highest BCUT2D eigenvalue weighted by Crippen LogP contribution is 2.48. The largest absolute Gasteiger partial charge is 0.497 e. The van der Waals surface area contributed by atoms with Crippen molar-refractivity contribution >= 4 is 52.4 Å². The summed E-state index contributed by atoms with van der Waals surface area (Å²) in [6, 6.07) is 66.3. The van der Waals surface area contributed by atoms with Gasteiger partial charge in [-0.15, -0.1) is 33.7 Å². The van der Waals surface area contributed by atoms with Crippen LogP contribution in [0.2, 0.25) is 0 Å². The van der Waals surface area contributed by atoms with E-state index in [2.05, 4.69) is 105 Å². The summed E-state index contributed by atoms with van der Waals surface area (Å²) in [5, 5.41) is 18.9. The molecule has 392 valence electrons. The number of allylic oxidation sites excluding steroid dienone is 1. The summed E-state index contributed by atoms with van der Waals surface area (Å²) in [7, 11) is 1.59. The molecule has 78 heavy (non-hydrogen) atoms. The predicted molar refractivity (Wildman–Crippen MR) is 306 cm³/mol. The van der Waals surface area contributed by atoms with Crippen LogP contribution in [0.3, 0.4) is 0 Å². The van der Waals surface area contributed by atoms with E-state index >= 15 is 4.79 Å². The highest BCUT2D eigenvalue weighted by atomic mass is 32.2. The summed E-state index contributed by atoms with van der Waals surface area (Å²) in [6.45, 7) is 1.80. The molecule has 0 bridgehead atoms. The van der Waals surface area contributed by atoms with Gasteiger partial charge in [0.2, 0.25) is 11.8 Å². The molecule has 4 atom stereocenters. The molecule has 2 saturated heterocycles. The molecule has 0 saturated carbocycles. The maximum absolute atomic E-state index is 15.8. The number of hydrazone groups is 1. The Morgan fingerprint density at radius 3 is 1.69 bits per heavy atom. The van der Waals surface area contributed by atoms with Gasteiger partial charge in [-0.05, 0) is 58.0 Å². The molecule has 3 aliphatic rings. The molecule has 3 aliphatic heterocycles. The van der Waals surface area contributed by atoms with Crippen LogP contribution in [-0.4, -0.2) is 69.9 Å². The lowest BCUT2D eigenvalue weighted by Crippen LogP contribution is -2.74. The molecule has 5 N–H and O–H groups in total. The van der Waals surface area contributed by atoms with Crippen molar-refractivity contribution in [2.24, 2.45) is 10.5 Å². The van der Waals surface area contributed by atoms with Gasteiger partial charge in [-0.25, -0.2) is 4.98 Å². The van der Waals surface area contributed by atoms with Crippen molar-refractivity contribution in [1.29, 1.82) is 0 Å². The number of amides is 2. The number of fused-ring (bicyclic) bond motifs is 1. The highest BCUT2D eigenvalue weighted by Gasteiger charge is 2.60. The van der Waals surface area contributed by atoms with Crippen LogP contribution in [0, 0.1) is 5.41 Å². The summed E-state index contributed by atoms with van der Waals surface area (Å²) >= 11 is 2.81. The number of nitrogens with one attached hydrogen (secondary N) is 5. The zero-order valence-electron chi connectivity index (χ0n) is 42.9. The molecule has 16 heteroatoms. The number of carbonyl (C=O) groups is 3. The molecule has 1 aromatic heterocycles. The summed E-state index contributed by atoms with van der Waals surface area (Å²) in [5.74, 6) is -0.408. The Morgan fingerprint density at radius 2 is 1.23 bits per heavy atom. The number of rotatable bonds is 19. The van der Waals surface area contributed by atoms with Gasteiger partial charge in [-0.3, -0.25) is 25.1 Å². The Labute approximate surface area is 461 Å². The number of hydrogen-bond acceptors (Lipinski definition) is 14. The lowest BCUT2D eigenvalue weighted by atomic mass is 9.76. The van der Waals surface area contributed by atoms with E-state index in [1.54, 1.807) is 18.1 Å². The fraction of sp³-hybridized carbons (Fsp3) is 0.177. The van der Waals surface area contributed by atoms with E-state index in [1.165, 1.54) is 34.6 Å². The number of methoxy groups -OCH3 is 1. The number of hydrogen-bond donors (Lipinski definition) is 5. The second kappa shape index (κ2) is 22.6. The van der Waals surface area contributed by atoms with E-state index in [0.717, 1.165) is 38.9 Å². The molecule has 0 spiro atoms. The molecule has 11 rings (SSSR count). The maximum atomic E-state index is 15.8. The Bertz CT molecular complexity index is 3220. The molecule has 3 unspecified atom stereocenters. The minimum absolute atomic E-state index is 0.00166. The Hall–Kier alpha value is -8.54. The van der Waals surface area contributed by atoms with E-state index in [1.807, 2.05) is 146 Å². The zero-order valence-corrected chi connectivity index (χ0v) is 44.5. The Morgan fingerprint density at radius 1 is 0.731 bits per heavy atom.